The zero-order valence-electron chi connectivity index (χ0n) is 12.2. The molecule has 0 amide bonds. The van der Waals surface area contributed by atoms with Gasteiger partial charge >= 0.3 is 15.6 Å². The van der Waals surface area contributed by atoms with Gasteiger partial charge < -0.3 is 24.2 Å². The van der Waals surface area contributed by atoms with Crippen molar-refractivity contribution in [1.29, 1.82) is 0 Å². The van der Waals surface area contributed by atoms with Gasteiger partial charge in [0.25, 0.3) is 0 Å². The van der Waals surface area contributed by atoms with E-state index in [2.05, 4.69) is 8.83 Å². The fourth-order valence-corrected chi connectivity index (χ4v) is 2.75. The van der Waals surface area contributed by atoms with E-state index in [1.54, 1.807) is 0 Å². The van der Waals surface area contributed by atoms with Crippen LogP contribution in [0.25, 0.3) is 0 Å². The van der Waals surface area contributed by atoms with E-state index in [1.807, 2.05) is 13.8 Å². The molecule has 0 heterocycles. The minimum absolute atomic E-state index is 0.381. The first kappa shape index (κ1) is 21.2. The molecule has 9 nitrogen and oxygen atoms in total. The second-order valence-electron chi connectivity index (χ2n) is 4.21. The molecule has 128 valence electrons. The molecule has 0 bridgehead atoms. The highest BCUT2D eigenvalue weighted by Gasteiger charge is 2.33. The molecule has 21 heavy (non-hydrogen) atoms. The van der Waals surface area contributed by atoms with Crippen molar-refractivity contribution in [2.24, 2.45) is 0 Å². The van der Waals surface area contributed by atoms with Crippen molar-refractivity contribution in [3.05, 3.63) is 0 Å². The van der Waals surface area contributed by atoms with E-state index in [4.69, 9.17) is 24.2 Å². The Morgan fingerprint density at radius 3 is 1.81 bits per heavy atom. The third-order valence-corrected chi connectivity index (χ3v) is 4.34. The van der Waals surface area contributed by atoms with Crippen LogP contribution in [0.1, 0.15) is 39.5 Å². The number of phosphoric ester groups is 1. The minimum Gasteiger partial charge on any atom is -0.350 e. The fraction of sp³-hybridized carbons (Fsp3) is 1.00. The zero-order chi connectivity index (χ0) is 16.4. The summed E-state index contributed by atoms with van der Waals surface area (Å²) in [4.78, 5) is 26.1. The molecular weight excluding hydrogens is 326 g/mol. The van der Waals surface area contributed by atoms with Crippen LogP contribution in [-0.2, 0) is 27.4 Å². The summed E-state index contributed by atoms with van der Waals surface area (Å²) < 4.78 is 40.6. The van der Waals surface area contributed by atoms with E-state index in [-0.39, 0.29) is 0 Å². The van der Waals surface area contributed by atoms with Gasteiger partial charge in [-0.1, -0.05) is 26.7 Å². The number of unbranched alkanes of at least 4 members (excludes halogenated alkanes) is 2. The maximum atomic E-state index is 11.3. The van der Waals surface area contributed by atoms with Crippen molar-refractivity contribution in [2.45, 2.75) is 45.8 Å². The summed E-state index contributed by atoms with van der Waals surface area (Å²) in [7, 11) is -9.99. The zero-order valence-corrected chi connectivity index (χ0v) is 14.0. The molecule has 0 aliphatic heterocycles. The number of ether oxygens (including phenoxy) is 2. The van der Waals surface area contributed by atoms with Crippen LogP contribution in [0.15, 0.2) is 0 Å². The number of rotatable bonds is 13. The molecule has 0 spiro atoms. The summed E-state index contributed by atoms with van der Waals surface area (Å²) in [6, 6.07) is 0. The first-order valence-electron chi connectivity index (χ1n) is 6.67. The molecule has 1 unspecified atom stereocenters. The van der Waals surface area contributed by atoms with Gasteiger partial charge in [0.05, 0.1) is 0 Å². The summed E-state index contributed by atoms with van der Waals surface area (Å²) in [5.74, 6) is 0. The Balaban J connectivity index is 4.30. The molecule has 1 atom stereocenters. The Hall–Kier alpha value is 0.180. The standard InChI is InChI=1S/C10H24O9P2/c1-3-5-7-16-10(17-8-6-4-2)9-18-21(14,15)19-20(11,12)13/h10H,3-9H2,1-2H3,(H,14,15)(H2,11,12,13). The lowest BCUT2D eigenvalue weighted by molar-refractivity contribution is -0.161. The van der Waals surface area contributed by atoms with Crippen LogP contribution in [0.2, 0.25) is 0 Å². The van der Waals surface area contributed by atoms with Gasteiger partial charge in [0.1, 0.15) is 6.61 Å². The first-order valence-corrected chi connectivity index (χ1v) is 9.70. The van der Waals surface area contributed by atoms with Crippen LogP contribution in [0.4, 0.5) is 0 Å². The molecule has 0 radical (unpaired) electrons. The van der Waals surface area contributed by atoms with E-state index in [9.17, 15) is 9.13 Å². The minimum atomic E-state index is -5.12. The second-order valence-corrected chi connectivity index (χ2v) is 7.04. The molecule has 0 rings (SSSR count). The summed E-state index contributed by atoms with van der Waals surface area (Å²) in [6.45, 7) is 4.24. The largest absolute Gasteiger partial charge is 0.481 e. The predicted molar refractivity (Wildman–Crippen MR) is 74.4 cm³/mol. The van der Waals surface area contributed by atoms with Crippen molar-refractivity contribution in [3.8, 4) is 0 Å². The molecule has 11 heteroatoms. The van der Waals surface area contributed by atoms with E-state index < -0.39 is 28.5 Å². The van der Waals surface area contributed by atoms with Crippen molar-refractivity contribution in [3.63, 3.8) is 0 Å². The maximum absolute atomic E-state index is 11.3. The molecule has 0 fully saturated rings. The molecule has 3 N–H and O–H groups in total. The normalized spacial score (nSPS) is 15.3. The average Bonchev–Trinajstić information content (AvgIpc) is 2.33. The molecule has 0 aliphatic rings. The van der Waals surface area contributed by atoms with Gasteiger partial charge in [-0.05, 0) is 12.8 Å². The van der Waals surface area contributed by atoms with Gasteiger partial charge in [-0.25, -0.2) is 9.13 Å². The Morgan fingerprint density at radius 1 is 0.952 bits per heavy atom. The van der Waals surface area contributed by atoms with Gasteiger partial charge in [0, 0.05) is 13.2 Å². The summed E-state index contributed by atoms with van der Waals surface area (Å²) >= 11 is 0. The van der Waals surface area contributed by atoms with E-state index in [0.717, 1.165) is 25.7 Å². The summed E-state index contributed by atoms with van der Waals surface area (Å²) in [6.07, 6.45) is 2.47. The lowest BCUT2D eigenvalue weighted by Crippen LogP contribution is -2.24. The maximum Gasteiger partial charge on any atom is 0.481 e. The molecule has 0 aliphatic carbocycles. The molecule has 0 aromatic rings. The number of hydrogen-bond donors (Lipinski definition) is 3. The van der Waals surface area contributed by atoms with Crippen LogP contribution in [-0.4, -0.2) is 40.8 Å². The van der Waals surface area contributed by atoms with Crippen molar-refractivity contribution < 1.29 is 42.1 Å². The highest BCUT2D eigenvalue weighted by molar-refractivity contribution is 7.60. The van der Waals surface area contributed by atoms with Crippen molar-refractivity contribution >= 4 is 15.6 Å². The first-order chi connectivity index (χ1) is 9.70. The average molecular weight is 350 g/mol. The number of phosphoric acid groups is 2. The smallest absolute Gasteiger partial charge is 0.350 e. The van der Waals surface area contributed by atoms with Gasteiger partial charge in [0.2, 0.25) is 0 Å². The highest BCUT2D eigenvalue weighted by Crippen LogP contribution is 2.57. The molecule has 0 aromatic heterocycles. The van der Waals surface area contributed by atoms with Crippen molar-refractivity contribution in [2.75, 3.05) is 19.8 Å². The lowest BCUT2D eigenvalue weighted by Gasteiger charge is -2.20. The molecule has 0 saturated carbocycles. The summed E-state index contributed by atoms with van der Waals surface area (Å²) in [5.41, 5.74) is 0. The van der Waals surface area contributed by atoms with Crippen LogP contribution < -0.4 is 0 Å². The van der Waals surface area contributed by atoms with Gasteiger partial charge in [-0.15, -0.1) is 0 Å². The van der Waals surface area contributed by atoms with Crippen LogP contribution in [0, 0.1) is 0 Å². The van der Waals surface area contributed by atoms with E-state index in [1.165, 1.54) is 0 Å². The van der Waals surface area contributed by atoms with Gasteiger partial charge in [-0.3, -0.25) is 4.52 Å². The predicted octanol–water partition coefficient (Wildman–Crippen LogP) is 2.17. The topological polar surface area (TPSA) is 132 Å². The Bertz CT molecular complexity index is 346. The lowest BCUT2D eigenvalue weighted by atomic mass is 10.3. The fourth-order valence-electron chi connectivity index (χ4n) is 1.18. The second kappa shape index (κ2) is 10.8. The van der Waals surface area contributed by atoms with Gasteiger partial charge in [0.15, 0.2) is 6.29 Å². The van der Waals surface area contributed by atoms with Crippen LogP contribution in [0.3, 0.4) is 0 Å². The molecular formula is C10H24O9P2. The SMILES string of the molecule is CCCCOC(COP(=O)(O)OP(=O)(O)O)OCCCC. The monoisotopic (exact) mass is 350 g/mol. The Morgan fingerprint density at radius 2 is 1.43 bits per heavy atom. The summed E-state index contributed by atoms with van der Waals surface area (Å²) in [5, 5.41) is 0. The molecule has 0 aromatic carbocycles. The number of hydrogen-bond acceptors (Lipinski definition) is 6. The van der Waals surface area contributed by atoms with E-state index >= 15 is 0 Å². The Labute approximate surface area is 124 Å². The quantitative estimate of drug-likeness (QED) is 0.260. The van der Waals surface area contributed by atoms with E-state index in [0.29, 0.717) is 13.2 Å². The third-order valence-electron chi connectivity index (χ3n) is 2.19. The van der Waals surface area contributed by atoms with Gasteiger partial charge in [-0.2, -0.15) is 4.31 Å². The third kappa shape index (κ3) is 13.6. The van der Waals surface area contributed by atoms with Crippen LogP contribution in [0.5, 0.6) is 0 Å². The highest BCUT2D eigenvalue weighted by atomic mass is 31.3. The Kier molecular flexibility index (Phi) is 10.9. The molecule has 0 saturated heterocycles. The van der Waals surface area contributed by atoms with Crippen LogP contribution >= 0.6 is 15.6 Å². The van der Waals surface area contributed by atoms with Crippen molar-refractivity contribution in [1.82, 2.24) is 0 Å².